The topological polar surface area (TPSA) is 49.4 Å². The Hall–Kier alpha value is -2.04. The molecule has 1 aliphatic heterocycles. The van der Waals surface area contributed by atoms with E-state index in [0.717, 1.165) is 25.9 Å². The Morgan fingerprint density at radius 3 is 1.96 bits per heavy atom. The smallest absolute Gasteiger partial charge is 0.255 e. The highest BCUT2D eigenvalue weighted by Gasteiger charge is 2.17. The van der Waals surface area contributed by atoms with Crippen LogP contribution in [0, 0.1) is 0 Å². The molecule has 0 atom stereocenters. The summed E-state index contributed by atoms with van der Waals surface area (Å²) in [5, 5.41) is 3.59. The van der Waals surface area contributed by atoms with Gasteiger partial charge in [-0.2, -0.15) is 0 Å². The molecule has 6 heteroatoms. The number of carbonyl (C=O) groups is 2. The van der Waals surface area contributed by atoms with Gasteiger partial charge in [0.15, 0.2) is 0 Å². The molecule has 2 aromatic carbocycles. The molecule has 26 heavy (non-hydrogen) atoms. The minimum Gasteiger partial charge on any atom is -0.339 e. The van der Waals surface area contributed by atoms with Crippen molar-refractivity contribution in [2.24, 2.45) is 0 Å². The van der Waals surface area contributed by atoms with Gasteiger partial charge in [-0.05, 0) is 55.3 Å². The highest BCUT2D eigenvalue weighted by atomic mass is 35.5. The predicted molar refractivity (Wildman–Crippen MR) is 105 cm³/mol. The molecule has 1 heterocycles. The molecule has 0 aliphatic carbocycles. The van der Waals surface area contributed by atoms with Gasteiger partial charge in [-0.15, -0.1) is 0 Å². The number of likely N-dealkylation sites (tertiary alicyclic amines) is 1. The molecule has 4 nitrogen and oxygen atoms in total. The first-order chi connectivity index (χ1) is 12.5. The number of hydrogen-bond acceptors (Lipinski definition) is 2. The van der Waals surface area contributed by atoms with Gasteiger partial charge in [0.05, 0.1) is 0 Å². The number of amides is 2. The van der Waals surface area contributed by atoms with Crippen LogP contribution in [0.5, 0.6) is 0 Å². The van der Waals surface area contributed by atoms with Gasteiger partial charge in [-0.25, -0.2) is 0 Å². The van der Waals surface area contributed by atoms with Crippen LogP contribution in [0.1, 0.15) is 46.4 Å². The van der Waals surface area contributed by atoms with Crippen LogP contribution >= 0.6 is 23.2 Å². The molecule has 0 spiro atoms. The summed E-state index contributed by atoms with van der Waals surface area (Å²) < 4.78 is 0. The summed E-state index contributed by atoms with van der Waals surface area (Å²) >= 11 is 11.9. The number of halogens is 2. The first-order valence-electron chi connectivity index (χ1n) is 8.70. The van der Waals surface area contributed by atoms with E-state index in [2.05, 4.69) is 5.32 Å². The normalized spacial score (nSPS) is 14.6. The van der Waals surface area contributed by atoms with Gasteiger partial charge in [0.25, 0.3) is 11.8 Å². The summed E-state index contributed by atoms with van der Waals surface area (Å²) in [5.74, 6) is -0.257. The Labute approximate surface area is 163 Å². The van der Waals surface area contributed by atoms with Gasteiger partial charge < -0.3 is 10.2 Å². The molecule has 1 aliphatic rings. The molecule has 2 aromatic rings. The van der Waals surface area contributed by atoms with E-state index < -0.39 is 0 Å². The predicted octanol–water partition coefficient (Wildman–Crippen LogP) is 5.26. The van der Waals surface area contributed by atoms with Gasteiger partial charge in [0.1, 0.15) is 0 Å². The monoisotopic (exact) mass is 390 g/mol. The number of nitrogens with zero attached hydrogens (tertiary/aromatic N) is 1. The minimum atomic E-state index is -0.305. The highest BCUT2D eigenvalue weighted by Crippen LogP contribution is 2.21. The van der Waals surface area contributed by atoms with Crippen LogP contribution in [0.15, 0.2) is 42.5 Å². The number of benzene rings is 2. The summed E-state index contributed by atoms with van der Waals surface area (Å²) in [7, 11) is 0. The van der Waals surface area contributed by atoms with Crippen molar-refractivity contribution < 1.29 is 9.59 Å². The quantitative estimate of drug-likeness (QED) is 0.776. The molecule has 0 aromatic heterocycles. The van der Waals surface area contributed by atoms with Gasteiger partial charge in [0.2, 0.25) is 0 Å². The Bertz CT molecular complexity index is 778. The standard InChI is InChI=1S/C20H20Cl2N2O2/c21-16-11-15(12-17(22)13-16)19(25)23-18-7-5-14(6-8-18)20(26)24-9-3-1-2-4-10-24/h5-8,11-13H,1-4,9-10H2,(H,23,25). The molecule has 1 fully saturated rings. The Morgan fingerprint density at radius 1 is 0.808 bits per heavy atom. The van der Waals surface area contributed by atoms with E-state index in [1.807, 2.05) is 4.90 Å². The van der Waals surface area contributed by atoms with E-state index in [9.17, 15) is 9.59 Å². The molecule has 1 saturated heterocycles. The number of anilines is 1. The fourth-order valence-corrected chi connectivity index (χ4v) is 3.57. The van der Waals surface area contributed by atoms with Crippen LogP contribution < -0.4 is 5.32 Å². The molecule has 0 bridgehead atoms. The highest BCUT2D eigenvalue weighted by molar-refractivity contribution is 6.35. The maximum atomic E-state index is 12.6. The second kappa shape index (κ2) is 8.56. The van der Waals surface area contributed by atoms with Crippen molar-refractivity contribution >= 4 is 40.7 Å². The van der Waals surface area contributed by atoms with Crippen LogP contribution in [-0.2, 0) is 0 Å². The number of carbonyl (C=O) groups excluding carboxylic acids is 2. The van der Waals surface area contributed by atoms with Crippen molar-refractivity contribution in [2.75, 3.05) is 18.4 Å². The van der Waals surface area contributed by atoms with E-state index in [4.69, 9.17) is 23.2 Å². The molecule has 136 valence electrons. The zero-order valence-electron chi connectivity index (χ0n) is 14.3. The van der Waals surface area contributed by atoms with Gasteiger partial charge in [-0.1, -0.05) is 36.0 Å². The lowest BCUT2D eigenvalue weighted by atomic mass is 10.1. The van der Waals surface area contributed by atoms with Crippen LogP contribution in [-0.4, -0.2) is 29.8 Å². The van der Waals surface area contributed by atoms with Crippen LogP contribution in [0.4, 0.5) is 5.69 Å². The molecule has 2 amide bonds. The number of nitrogens with one attached hydrogen (secondary N) is 1. The fourth-order valence-electron chi connectivity index (χ4n) is 3.04. The van der Waals surface area contributed by atoms with Crippen LogP contribution in [0.3, 0.4) is 0 Å². The first-order valence-corrected chi connectivity index (χ1v) is 9.45. The van der Waals surface area contributed by atoms with E-state index in [-0.39, 0.29) is 11.8 Å². The summed E-state index contributed by atoms with van der Waals surface area (Å²) in [6.07, 6.45) is 4.48. The molecule has 1 N–H and O–H groups in total. The van der Waals surface area contributed by atoms with Crippen molar-refractivity contribution in [2.45, 2.75) is 25.7 Å². The lowest BCUT2D eigenvalue weighted by Gasteiger charge is -2.20. The zero-order valence-corrected chi connectivity index (χ0v) is 15.8. The van der Waals surface area contributed by atoms with Crippen LogP contribution in [0.25, 0.3) is 0 Å². The van der Waals surface area contributed by atoms with Gasteiger partial charge in [-0.3, -0.25) is 9.59 Å². The van der Waals surface area contributed by atoms with Gasteiger partial charge >= 0.3 is 0 Å². The van der Waals surface area contributed by atoms with Crippen molar-refractivity contribution in [3.63, 3.8) is 0 Å². The van der Waals surface area contributed by atoms with E-state index in [1.165, 1.54) is 12.8 Å². The molecule has 0 radical (unpaired) electrons. The summed E-state index contributed by atoms with van der Waals surface area (Å²) in [6, 6.07) is 11.6. The Morgan fingerprint density at radius 2 is 1.38 bits per heavy atom. The fraction of sp³-hybridized carbons (Fsp3) is 0.300. The first kappa shape index (κ1) is 18.7. The number of rotatable bonds is 3. The maximum Gasteiger partial charge on any atom is 0.255 e. The van der Waals surface area contributed by atoms with E-state index >= 15 is 0 Å². The van der Waals surface area contributed by atoms with Crippen molar-refractivity contribution in [3.05, 3.63) is 63.6 Å². The molecule has 0 unspecified atom stereocenters. The molecular weight excluding hydrogens is 371 g/mol. The summed E-state index contributed by atoms with van der Waals surface area (Å²) in [5.41, 5.74) is 1.63. The molecule has 3 rings (SSSR count). The third-order valence-corrected chi connectivity index (χ3v) is 4.84. The third kappa shape index (κ3) is 4.77. The molecule has 0 saturated carbocycles. The van der Waals surface area contributed by atoms with Crippen molar-refractivity contribution in [3.8, 4) is 0 Å². The minimum absolute atomic E-state index is 0.0476. The largest absolute Gasteiger partial charge is 0.339 e. The Balaban J connectivity index is 1.67. The average molecular weight is 391 g/mol. The van der Waals surface area contributed by atoms with Gasteiger partial charge in [0, 0.05) is 39.9 Å². The second-order valence-corrected chi connectivity index (χ2v) is 7.27. The van der Waals surface area contributed by atoms with Crippen LogP contribution in [0.2, 0.25) is 10.0 Å². The maximum absolute atomic E-state index is 12.6. The lowest BCUT2D eigenvalue weighted by Crippen LogP contribution is -2.31. The third-order valence-electron chi connectivity index (χ3n) is 4.41. The molecular formula is C20H20Cl2N2O2. The van der Waals surface area contributed by atoms with E-state index in [0.29, 0.717) is 26.9 Å². The van der Waals surface area contributed by atoms with E-state index in [1.54, 1.807) is 42.5 Å². The Kier molecular flexibility index (Phi) is 6.17. The SMILES string of the molecule is O=C(Nc1ccc(C(=O)N2CCCCCC2)cc1)c1cc(Cl)cc(Cl)c1. The average Bonchev–Trinajstić information content (AvgIpc) is 2.90. The van der Waals surface area contributed by atoms with Crippen molar-refractivity contribution in [1.29, 1.82) is 0 Å². The second-order valence-electron chi connectivity index (χ2n) is 6.40. The summed E-state index contributed by atoms with van der Waals surface area (Å²) in [6.45, 7) is 1.62. The zero-order chi connectivity index (χ0) is 18.5. The van der Waals surface area contributed by atoms with Crippen molar-refractivity contribution in [1.82, 2.24) is 4.90 Å². The summed E-state index contributed by atoms with van der Waals surface area (Å²) in [4.78, 5) is 26.8. The number of hydrogen-bond donors (Lipinski definition) is 1. The lowest BCUT2D eigenvalue weighted by molar-refractivity contribution is 0.0761.